The molecule has 112 valence electrons. The first-order valence-corrected chi connectivity index (χ1v) is 7.34. The van der Waals surface area contributed by atoms with E-state index < -0.39 is 0 Å². The zero-order chi connectivity index (χ0) is 14.3. The maximum atomic E-state index is 12.4. The third-order valence-electron chi connectivity index (χ3n) is 3.97. The fraction of sp³-hybridized carbons (Fsp3) is 0.929. The Hall–Kier alpha value is -0.650. The zero-order valence-corrected chi connectivity index (χ0v) is 12.6. The predicted octanol–water partition coefficient (Wildman–Crippen LogP) is 0.683. The van der Waals surface area contributed by atoms with Crippen LogP contribution in [0.5, 0.6) is 0 Å². The number of methoxy groups -OCH3 is 1. The van der Waals surface area contributed by atoms with Crippen molar-refractivity contribution >= 4 is 5.91 Å². The minimum atomic E-state index is 0.210. The van der Waals surface area contributed by atoms with Crippen LogP contribution in [0, 0.1) is 0 Å². The lowest BCUT2D eigenvalue weighted by Crippen LogP contribution is -2.48. The van der Waals surface area contributed by atoms with E-state index in [9.17, 15) is 4.79 Å². The van der Waals surface area contributed by atoms with Crippen molar-refractivity contribution in [2.75, 3.05) is 39.9 Å². The fourth-order valence-corrected chi connectivity index (χ4v) is 2.39. The molecule has 1 saturated heterocycles. The van der Waals surface area contributed by atoms with Crippen LogP contribution in [0.1, 0.15) is 33.1 Å². The summed E-state index contributed by atoms with van der Waals surface area (Å²) in [6.07, 6.45) is 2.96. The van der Waals surface area contributed by atoms with Gasteiger partial charge in [0.15, 0.2) is 0 Å². The fourth-order valence-electron chi connectivity index (χ4n) is 2.39. The van der Waals surface area contributed by atoms with Crippen LogP contribution >= 0.6 is 0 Å². The van der Waals surface area contributed by atoms with Crippen LogP contribution in [0.25, 0.3) is 0 Å². The Kier molecular flexibility index (Phi) is 7.34. The van der Waals surface area contributed by atoms with E-state index in [-0.39, 0.29) is 11.9 Å². The average Bonchev–Trinajstić information content (AvgIpc) is 2.41. The van der Waals surface area contributed by atoms with Crippen LogP contribution in [0.2, 0.25) is 0 Å². The lowest BCUT2D eigenvalue weighted by Gasteiger charge is -2.34. The molecule has 1 rings (SSSR count). The molecule has 0 aromatic carbocycles. The number of likely N-dealkylation sites (tertiary alicyclic amines) is 1. The largest absolute Gasteiger partial charge is 0.383 e. The molecule has 1 aliphatic heterocycles. The van der Waals surface area contributed by atoms with Gasteiger partial charge in [-0.1, -0.05) is 6.92 Å². The van der Waals surface area contributed by atoms with Gasteiger partial charge in [0.1, 0.15) is 0 Å². The summed E-state index contributed by atoms with van der Waals surface area (Å²) in [5.74, 6) is 0.210. The van der Waals surface area contributed by atoms with Crippen molar-refractivity contribution in [1.29, 1.82) is 0 Å². The second-order valence-electron chi connectivity index (χ2n) is 5.45. The van der Waals surface area contributed by atoms with E-state index in [0.29, 0.717) is 25.7 Å². The summed E-state index contributed by atoms with van der Waals surface area (Å²) in [7, 11) is 1.67. The molecular weight excluding hydrogens is 242 g/mol. The Bertz CT molecular complexity index is 265. The molecule has 1 amide bonds. The van der Waals surface area contributed by atoms with Crippen LogP contribution in [0.15, 0.2) is 0 Å². The van der Waals surface area contributed by atoms with Gasteiger partial charge in [0.05, 0.1) is 13.2 Å². The molecule has 0 aliphatic carbocycles. The Morgan fingerprint density at radius 2 is 2.11 bits per heavy atom. The third kappa shape index (κ3) is 5.47. The van der Waals surface area contributed by atoms with Crippen molar-refractivity contribution < 1.29 is 9.53 Å². The van der Waals surface area contributed by atoms with Gasteiger partial charge < -0.3 is 15.4 Å². The first-order valence-electron chi connectivity index (χ1n) is 7.34. The summed E-state index contributed by atoms with van der Waals surface area (Å²) in [5.41, 5.74) is 5.88. The highest BCUT2D eigenvalue weighted by Gasteiger charge is 2.23. The quantitative estimate of drug-likeness (QED) is 0.740. The molecule has 0 aromatic rings. The van der Waals surface area contributed by atoms with Gasteiger partial charge in [0, 0.05) is 38.8 Å². The van der Waals surface area contributed by atoms with Gasteiger partial charge in [-0.2, -0.15) is 0 Å². The minimum absolute atomic E-state index is 0.210. The van der Waals surface area contributed by atoms with E-state index in [4.69, 9.17) is 10.5 Å². The number of hydrogen-bond acceptors (Lipinski definition) is 4. The molecule has 2 N–H and O–H groups in total. The van der Waals surface area contributed by atoms with Gasteiger partial charge in [-0.25, -0.2) is 0 Å². The second-order valence-corrected chi connectivity index (χ2v) is 5.45. The number of amides is 1. The highest BCUT2D eigenvalue weighted by atomic mass is 16.5. The van der Waals surface area contributed by atoms with Gasteiger partial charge >= 0.3 is 0 Å². The van der Waals surface area contributed by atoms with Gasteiger partial charge in [-0.3, -0.25) is 9.69 Å². The average molecular weight is 271 g/mol. The Morgan fingerprint density at radius 3 is 2.63 bits per heavy atom. The molecule has 1 atom stereocenters. The molecule has 1 aliphatic rings. The number of rotatable bonds is 7. The van der Waals surface area contributed by atoms with Crippen LogP contribution in [-0.2, 0) is 9.53 Å². The lowest BCUT2D eigenvalue weighted by molar-refractivity contribution is -0.135. The maximum absolute atomic E-state index is 12.4. The lowest BCUT2D eigenvalue weighted by atomic mass is 10.1. The van der Waals surface area contributed by atoms with Gasteiger partial charge in [-0.15, -0.1) is 0 Å². The molecule has 5 heteroatoms. The third-order valence-corrected chi connectivity index (χ3v) is 3.97. The maximum Gasteiger partial charge on any atom is 0.237 e. The predicted molar refractivity (Wildman–Crippen MR) is 77.0 cm³/mol. The molecule has 1 unspecified atom stereocenters. The van der Waals surface area contributed by atoms with Gasteiger partial charge in [0.25, 0.3) is 0 Å². The number of carbonyl (C=O) groups is 1. The van der Waals surface area contributed by atoms with Crippen LogP contribution < -0.4 is 5.73 Å². The molecule has 0 saturated carbocycles. The summed E-state index contributed by atoms with van der Waals surface area (Å²) in [4.78, 5) is 16.6. The topological polar surface area (TPSA) is 58.8 Å². The first kappa shape index (κ1) is 16.4. The molecule has 1 heterocycles. The molecule has 19 heavy (non-hydrogen) atoms. The summed E-state index contributed by atoms with van der Waals surface area (Å²) < 4.78 is 5.10. The van der Waals surface area contributed by atoms with Crippen molar-refractivity contribution in [3.8, 4) is 0 Å². The molecule has 5 nitrogen and oxygen atoms in total. The Labute approximate surface area is 117 Å². The van der Waals surface area contributed by atoms with E-state index in [1.807, 2.05) is 4.90 Å². The SMILES string of the molecule is CCC(C)N(CCOC)C(=O)CN1CCC(N)CC1. The van der Waals surface area contributed by atoms with Crippen LogP contribution in [0.4, 0.5) is 0 Å². The highest BCUT2D eigenvalue weighted by Crippen LogP contribution is 2.10. The summed E-state index contributed by atoms with van der Waals surface area (Å²) in [6, 6.07) is 0.584. The minimum Gasteiger partial charge on any atom is -0.383 e. The van der Waals surface area contributed by atoms with E-state index in [1.165, 1.54) is 0 Å². The number of nitrogens with zero attached hydrogens (tertiary/aromatic N) is 2. The number of hydrogen-bond donors (Lipinski definition) is 1. The van der Waals surface area contributed by atoms with E-state index in [1.54, 1.807) is 7.11 Å². The van der Waals surface area contributed by atoms with E-state index >= 15 is 0 Å². The molecule has 0 aromatic heterocycles. The number of ether oxygens (including phenoxy) is 1. The molecule has 0 spiro atoms. The van der Waals surface area contributed by atoms with Gasteiger partial charge in [-0.05, 0) is 26.2 Å². The second kappa shape index (κ2) is 8.51. The first-order chi connectivity index (χ1) is 9.08. The number of nitrogens with two attached hydrogens (primary N) is 1. The standard InChI is InChI=1S/C14H29N3O2/c1-4-12(2)17(9-10-19-3)14(18)11-16-7-5-13(15)6-8-16/h12-13H,4-11,15H2,1-3H3. The summed E-state index contributed by atoms with van der Waals surface area (Å²) >= 11 is 0. The summed E-state index contributed by atoms with van der Waals surface area (Å²) in [6.45, 7) is 7.87. The van der Waals surface area contributed by atoms with Crippen LogP contribution in [0.3, 0.4) is 0 Å². The molecule has 1 fully saturated rings. The van der Waals surface area contributed by atoms with Crippen molar-refractivity contribution in [1.82, 2.24) is 9.80 Å². The smallest absolute Gasteiger partial charge is 0.237 e. The summed E-state index contributed by atoms with van der Waals surface area (Å²) in [5, 5.41) is 0. The van der Waals surface area contributed by atoms with E-state index in [0.717, 1.165) is 32.4 Å². The normalized spacial score (nSPS) is 19.4. The van der Waals surface area contributed by atoms with Crippen LogP contribution in [-0.4, -0.2) is 67.7 Å². The monoisotopic (exact) mass is 271 g/mol. The molecular formula is C14H29N3O2. The Morgan fingerprint density at radius 1 is 1.47 bits per heavy atom. The van der Waals surface area contributed by atoms with Gasteiger partial charge in [0.2, 0.25) is 5.91 Å². The van der Waals surface area contributed by atoms with Crippen molar-refractivity contribution in [3.05, 3.63) is 0 Å². The number of piperidine rings is 1. The van der Waals surface area contributed by atoms with Crippen molar-refractivity contribution in [3.63, 3.8) is 0 Å². The molecule has 0 bridgehead atoms. The molecule has 0 radical (unpaired) electrons. The van der Waals surface area contributed by atoms with Crippen molar-refractivity contribution in [2.24, 2.45) is 5.73 Å². The Balaban J connectivity index is 2.46. The zero-order valence-electron chi connectivity index (χ0n) is 12.6. The van der Waals surface area contributed by atoms with Crippen molar-refractivity contribution in [2.45, 2.75) is 45.2 Å². The van der Waals surface area contributed by atoms with E-state index in [2.05, 4.69) is 18.7 Å². The number of carbonyl (C=O) groups excluding carboxylic acids is 1. The highest BCUT2D eigenvalue weighted by molar-refractivity contribution is 5.78.